The Morgan fingerprint density at radius 3 is 2.56 bits per heavy atom. The van der Waals surface area contributed by atoms with Crippen molar-refractivity contribution in [2.45, 2.75) is 13.0 Å². The maximum Gasteiger partial charge on any atom is 0.352 e. The van der Waals surface area contributed by atoms with Crippen LogP contribution in [0.2, 0.25) is 10.0 Å². The SMILES string of the molecule is CCOC(=O)[C@H](Oc1ccc2c(c1)OC(=Cc1ccc(Cl)cc1Cl)C2=O)c1ccccc1. The first kappa shape index (κ1) is 21.9. The Hall–Kier alpha value is -3.28. The minimum atomic E-state index is -0.950. The lowest BCUT2D eigenvalue weighted by Crippen LogP contribution is -2.21. The molecule has 3 aromatic carbocycles. The van der Waals surface area contributed by atoms with E-state index in [1.807, 2.05) is 18.2 Å². The second-order valence-corrected chi connectivity index (χ2v) is 7.77. The summed E-state index contributed by atoms with van der Waals surface area (Å²) in [5.41, 5.74) is 1.65. The summed E-state index contributed by atoms with van der Waals surface area (Å²) in [6.45, 7) is 1.96. The van der Waals surface area contributed by atoms with Crippen molar-refractivity contribution in [2.75, 3.05) is 6.61 Å². The van der Waals surface area contributed by atoms with Gasteiger partial charge in [0.05, 0.1) is 12.2 Å². The zero-order valence-electron chi connectivity index (χ0n) is 17.0. The smallest absolute Gasteiger partial charge is 0.352 e. The summed E-state index contributed by atoms with van der Waals surface area (Å²) >= 11 is 12.1. The van der Waals surface area contributed by atoms with E-state index in [-0.39, 0.29) is 18.1 Å². The summed E-state index contributed by atoms with van der Waals surface area (Å²) in [7, 11) is 0. The average Bonchev–Trinajstić information content (AvgIpc) is 3.09. The molecule has 0 unspecified atom stereocenters. The number of allylic oxidation sites excluding steroid dienone is 1. The van der Waals surface area contributed by atoms with Crippen LogP contribution in [0.3, 0.4) is 0 Å². The molecule has 0 N–H and O–H groups in total. The number of carbonyl (C=O) groups is 2. The lowest BCUT2D eigenvalue weighted by molar-refractivity contribution is -0.151. The summed E-state index contributed by atoms with van der Waals surface area (Å²) in [5.74, 6) is 0.0480. The van der Waals surface area contributed by atoms with Crippen molar-refractivity contribution in [2.24, 2.45) is 0 Å². The first-order chi connectivity index (χ1) is 15.5. The van der Waals surface area contributed by atoms with Crippen LogP contribution in [0.15, 0.2) is 72.5 Å². The molecule has 3 aromatic rings. The number of fused-ring (bicyclic) bond motifs is 1. The molecule has 1 atom stereocenters. The molecule has 162 valence electrons. The van der Waals surface area contributed by atoms with Gasteiger partial charge in [-0.1, -0.05) is 59.6 Å². The van der Waals surface area contributed by atoms with Gasteiger partial charge in [0.1, 0.15) is 11.5 Å². The molecule has 7 heteroatoms. The van der Waals surface area contributed by atoms with Gasteiger partial charge in [0.2, 0.25) is 11.9 Å². The average molecular weight is 469 g/mol. The summed E-state index contributed by atoms with van der Waals surface area (Å²) in [5, 5.41) is 0.900. The zero-order valence-corrected chi connectivity index (χ0v) is 18.5. The van der Waals surface area contributed by atoms with E-state index in [0.29, 0.717) is 38.2 Å². The normalized spacial score (nSPS) is 14.6. The molecule has 0 fully saturated rings. The quantitative estimate of drug-likeness (QED) is 0.314. The predicted octanol–water partition coefficient (Wildman–Crippen LogP) is 6.29. The molecule has 0 aromatic heterocycles. The van der Waals surface area contributed by atoms with Gasteiger partial charge in [-0.15, -0.1) is 0 Å². The second kappa shape index (κ2) is 9.47. The topological polar surface area (TPSA) is 61.8 Å². The minimum Gasteiger partial charge on any atom is -0.474 e. The number of Topliss-reactive ketones (excluding diaryl/α,β-unsaturated/α-hetero) is 1. The zero-order chi connectivity index (χ0) is 22.7. The summed E-state index contributed by atoms with van der Waals surface area (Å²) in [6.07, 6.45) is 0.613. The van der Waals surface area contributed by atoms with E-state index in [1.165, 1.54) is 0 Å². The van der Waals surface area contributed by atoms with Gasteiger partial charge in [0, 0.05) is 21.7 Å². The molecule has 0 saturated carbocycles. The lowest BCUT2D eigenvalue weighted by Gasteiger charge is -2.18. The molecule has 5 nitrogen and oxygen atoms in total. The Morgan fingerprint density at radius 2 is 1.84 bits per heavy atom. The van der Waals surface area contributed by atoms with Crippen LogP contribution in [-0.2, 0) is 9.53 Å². The fraction of sp³-hybridized carbons (Fsp3) is 0.120. The summed E-state index contributed by atoms with van der Waals surface area (Å²) in [6, 6.07) is 18.8. The minimum absolute atomic E-state index is 0.131. The van der Waals surface area contributed by atoms with Crippen molar-refractivity contribution in [3.63, 3.8) is 0 Å². The van der Waals surface area contributed by atoms with Crippen molar-refractivity contribution in [1.82, 2.24) is 0 Å². The van der Waals surface area contributed by atoms with Gasteiger partial charge in [-0.2, -0.15) is 0 Å². The first-order valence-electron chi connectivity index (χ1n) is 9.88. The van der Waals surface area contributed by atoms with Gasteiger partial charge < -0.3 is 14.2 Å². The molecule has 0 aliphatic carbocycles. The number of ether oxygens (including phenoxy) is 3. The third-order valence-corrected chi connectivity index (χ3v) is 5.31. The second-order valence-electron chi connectivity index (χ2n) is 6.92. The van der Waals surface area contributed by atoms with E-state index in [4.69, 9.17) is 37.4 Å². The molecule has 1 aliphatic rings. The van der Waals surface area contributed by atoms with E-state index in [2.05, 4.69) is 0 Å². The molecule has 1 heterocycles. The number of benzene rings is 3. The van der Waals surface area contributed by atoms with Crippen molar-refractivity contribution >= 4 is 41.0 Å². The third-order valence-electron chi connectivity index (χ3n) is 4.75. The molecule has 0 radical (unpaired) electrons. The number of ketones is 1. The van der Waals surface area contributed by atoms with Crippen LogP contribution >= 0.6 is 23.2 Å². The van der Waals surface area contributed by atoms with Gasteiger partial charge in [0.15, 0.2) is 5.76 Å². The predicted molar refractivity (Wildman–Crippen MR) is 122 cm³/mol. The molecular weight excluding hydrogens is 451 g/mol. The Bertz CT molecular complexity index is 1200. The van der Waals surface area contributed by atoms with Crippen LogP contribution in [0.25, 0.3) is 6.08 Å². The Balaban J connectivity index is 1.60. The van der Waals surface area contributed by atoms with Crippen LogP contribution in [0.5, 0.6) is 11.5 Å². The highest BCUT2D eigenvalue weighted by Gasteiger charge is 2.29. The molecule has 0 amide bonds. The molecular formula is C25H18Cl2O5. The van der Waals surface area contributed by atoms with E-state index < -0.39 is 12.1 Å². The van der Waals surface area contributed by atoms with Crippen LogP contribution in [0.1, 0.15) is 34.5 Å². The van der Waals surface area contributed by atoms with Crippen LogP contribution < -0.4 is 9.47 Å². The standard InChI is InChI=1S/C25H18Cl2O5/c1-2-30-25(29)24(15-6-4-3-5-7-15)31-18-10-11-19-21(14-18)32-22(23(19)28)12-16-8-9-17(26)13-20(16)27/h3-14,24H,2H2,1H3/t24-/m1/s1. The van der Waals surface area contributed by atoms with Crippen LogP contribution in [0.4, 0.5) is 0 Å². The highest BCUT2D eigenvalue weighted by Crippen LogP contribution is 2.37. The third kappa shape index (κ3) is 4.64. The van der Waals surface area contributed by atoms with E-state index in [9.17, 15) is 9.59 Å². The number of rotatable bonds is 6. The van der Waals surface area contributed by atoms with E-state index >= 15 is 0 Å². The fourth-order valence-corrected chi connectivity index (χ4v) is 3.70. The number of carbonyl (C=O) groups excluding carboxylic acids is 2. The molecule has 32 heavy (non-hydrogen) atoms. The first-order valence-corrected chi connectivity index (χ1v) is 10.6. The number of halogens is 2. The number of hydrogen-bond donors (Lipinski definition) is 0. The summed E-state index contributed by atoms with van der Waals surface area (Å²) < 4.78 is 16.9. The maximum atomic E-state index is 12.8. The Labute approximate surface area is 195 Å². The van der Waals surface area contributed by atoms with Gasteiger partial charge in [-0.25, -0.2) is 4.79 Å². The Kier molecular flexibility index (Phi) is 6.49. The van der Waals surface area contributed by atoms with Gasteiger partial charge in [0.25, 0.3) is 0 Å². The summed E-state index contributed by atoms with van der Waals surface area (Å²) in [4.78, 5) is 25.2. The van der Waals surface area contributed by atoms with Crippen molar-refractivity contribution in [3.05, 3.63) is 99.2 Å². The Morgan fingerprint density at radius 1 is 1.06 bits per heavy atom. The highest BCUT2D eigenvalue weighted by atomic mass is 35.5. The van der Waals surface area contributed by atoms with Crippen molar-refractivity contribution in [1.29, 1.82) is 0 Å². The van der Waals surface area contributed by atoms with Crippen molar-refractivity contribution < 1.29 is 23.8 Å². The molecule has 1 aliphatic heterocycles. The molecule has 0 saturated heterocycles. The molecule has 0 spiro atoms. The van der Waals surface area contributed by atoms with Crippen molar-refractivity contribution in [3.8, 4) is 11.5 Å². The monoisotopic (exact) mass is 468 g/mol. The van der Waals surface area contributed by atoms with Crippen LogP contribution in [0, 0.1) is 0 Å². The number of esters is 1. The number of hydrogen-bond acceptors (Lipinski definition) is 5. The van der Waals surface area contributed by atoms with Gasteiger partial charge >= 0.3 is 5.97 Å². The lowest BCUT2D eigenvalue weighted by atomic mass is 10.1. The highest BCUT2D eigenvalue weighted by molar-refractivity contribution is 6.35. The van der Waals surface area contributed by atoms with Gasteiger partial charge in [-0.05, 0) is 42.8 Å². The maximum absolute atomic E-state index is 12.8. The fourth-order valence-electron chi connectivity index (χ4n) is 3.23. The molecule has 0 bridgehead atoms. The van der Waals surface area contributed by atoms with E-state index in [1.54, 1.807) is 61.5 Å². The largest absolute Gasteiger partial charge is 0.474 e. The molecule has 4 rings (SSSR count). The van der Waals surface area contributed by atoms with Gasteiger partial charge in [-0.3, -0.25) is 4.79 Å². The van der Waals surface area contributed by atoms with E-state index in [0.717, 1.165) is 0 Å². The van der Waals surface area contributed by atoms with Crippen LogP contribution in [-0.4, -0.2) is 18.4 Å².